The summed E-state index contributed by atoms with van der Waals surface area (Å²) in [7, 11) is 2.64. The third-order valence-electron chi connectivity index (χ3n) is 4.85. The van der Waals surface area contributed by atoms with E-state index in [4.69, 9.17) is 9.47 Å². The van der Waals surface area contributed by atoms with Crippen molar-refractivity contribution in [3.8, 4) is 0 Å². The molecule has 0 N–H and O–H groups in total. The Balaban J connectivity index is 2.50. The topological polar surface area (TPSA) is 52.6 Å². The third-order valence-corrected chi connectivity index (χ3v) is 5.62. The maximum atomic E-state index is 12.4. The Hall–Kier alpha value is -1.11. The zero-order chi connectivity index (χ0) is 17.2. The molecule has 1 aromatic carbocycles. The number of methoxy groups -OCH3 is 2. The van der Waals surface area contributed by atoms with Gasteiger partial charge in [0.05, 0.1) is 14.2 Å². The molecule has 0 unspecified atom stereocenters. The highest BCUT2D eigenvalue weighted by atomic mass is 127. The Labute approximate surface area is 151 Å². The summed E-state index contributed by atoms with van der Waals surface area (Å²) < 4.78 is 11.0. The first kappa shape index (κ1) is 18.2. The van der Waals surface area contributed by atoms with Crippen molar-refractivity contribution in [3.05, 3.63) is 33.9 Å². The number of aryl methyl sites for hydroxylation is 2. The van der Waals surface area contributed by atoms with Gasteiger partial charge in [-0.1, -0.05) is 28.7 Å². The van der Waals surface area contributed by atoms with Crippen molar-refractivity contribution in [2.75, 3.05) is 18.6 Å². The van der Waals surface area contributed by atoms with Crippen LogP contribution in [0.25, 0.3) is 0 Å². The number of fused-ring (bicyclic) bond motifs is 1. The van der Waals surface area contributed by atoms with Crippen LogP contribution in [0.1, 0.15) is 34.2 Å². The lowest BCUT2D eigenvalue weighted by molar-refractivity contribution is -0.168. The molecule has 0 spiro atoms. The molecule has 1 aliphatic rings. The number of hydrogen-bond donors (Lipinski definition) is 0. The summed E-state index contributed by atoms with van der Waals surface area (Å²) in [6.45, 7) is 4.14. The van der Waals surface area contributed by atoms with Crippen LogP contribution in [0.15, 0.2) is 6.07 Å². The number of carbonyl (C=O) groups excluding carboxylic acids is 2. The molecule has 0 radical (unpaired) electrons. The minimum atomic E-state index is -1.23. The van der Waals surface area contributed by atoms with Crippen molar-refractivity contribution >= 4 is 34.5 Å². The second-order valence-electron chi connectivity index (χ2n) is 6.15. The van der Waals surface area contributed by atoms with Crippen LogP contribution in [-0.4, -0.2) is 30.6 Å². The van der Waals surface area contributed by atoms with E-state index in [0.717, 1.165) is 34.0 Å². The summed E-state index contributed by atoms with van der Waals surface area (Å²) in [5.74, 6) is -1.01. The largest absolute Gasteiger partial charge is 0.468 e. The molecule has 0 aliphatic heterocycles. The Bertz CT molecular complexity index is 620. The van der Waals surface area contributed by atoms with E-state index in [1.165, 1.54) is 25.3 Å². The smallest absolute Gasteiger partial charge is 0.323 e. The first-order chi connectivity index (χ1) is 10.9. The first-order valence-electron chi connectivity index (χ1n) is 7.75. The number of ether oxygens (including phenoxy) is 2. The van der Waals surface area contributed by atoms with Gasteiger partial charge in [-0.05, 0) is 58.9 Å². The van der Waals surface area contributed by atoms with Crippen LogP contribution in [0.5, 0.6) is 0 Å². The zero-order valence-corrected chi connectivity index (χ0v) is 16.3. The van der Waals surface area contributed by atoms with Gasteiger partial charge < -0.3 is 9.47 Å². The highest BCUT2D eigenvalue weighted by Gasteiger charge is 2.53. The Morgan fingerprint density at radius 2 is 1.70 bits per heavy atom. The van der Waals surface area contributed by atoms with Gasteiger partial charge in [0.2, 0.25) is 0 Å². The minimum absolute atomic E-state index is 0.362. The average molecular weight is 430 g/mol. The molecule has 126 valence electrons. The van der Waals surface area contributed by atoms with Crippen molar-refractivity contribution in [1.29, 1.82) is 0 Å². The molecule has 0 saturated carbocycles. The summed E-state index contributed by atoms with van der Waals surface area (Å²) in [5.41, 5.74) is 4.63. The van der Waals surface area contributed by atoms with Crippen molar-refractivity contribution in [3.63, 3.8) is 0 Å². The zero-order valence-electron chi connectivity index (χ0n) is 14.1. The molecule has 1 aromatic rings. The fourth-order valence-electron chi connectivity index (χ4n) is 3.55. The number of hydrogen-bond acceptors (Lipinski definition) is 4. The molecule has 0 bridgehead atoms. The molecule has 5 heteroatoms. The van der Waals surface area contributed by atoms with Gasteiger partial charge in [0, 0.05) is 12.8 Å². The van der Waals surface area contributed by atoms with Crippen LogP contribution < -0.4 is 0 Å². The highest BCUT2D eigenvalue weighted by Crippen LogP contribution is 2.43. The number of esters is 2. The van der Waals surface area contributed by atoms with E-state index >= 15 is 0 Å². The van der Waals surface area contributed by atoms with E-state index in [-0.39, 0.29) is 0 Å². The number of alkyl halides is 1. The molecule has 4 nitrogen and oxygen atoms in total. The van der Waals surface area contributed by atoms with Gasteiger partial charge in [0.1, 0.15) is 0 Å². The monoisotopic (exact) mass is 430 g/mol. The molecule has 0 amide bonds. The minimum Gasteiger partial charge on any atom is -0.468 e. The fourth-order valence-corrected chi connectivity index (χ4v) is 3.93. The van der Waals surface area contributed by atoms with Crippen LogP contribution in [0.4, 0.5) is 0 Å². The molecule has 0 aromatic heterocycles. The number of benzene rings is 1. The van der Waals surface area contributed by atoms with E-state index in [1.54, 1.807) is 0 Å². The van der Waals surface area contributed by atoms with Gasteiger partial charge in [-0.2, -0.15) is 0 Å². The van der Waals surface area contributed by atoms with E-state index < -0.39 is 17.4 Å². The quantitative estimate of drug-likeness (QED) is 0.312. The molecular formula is C18H23IO4. The van der Waals surface area contributed by atoms with E-state index in [0.29, 0.717) is 12.8 Å². The predicted octanol–water partition coefficient (Wildman–Crippen LogP) is 3.10. The fraction of sp³-hybridized carbons (Fsp3) is 0.556. The van der Waals surface area contributed by atoms with Gasteiger partial charge >= 0.3 is 11.9 Å². The lowest BCUT2D eigenvalue weighted by Gasteiger charge is -2.22. The molecular weight excluding hydrogens is 407 g/mol. The van der Waals surface area contributed by atoms with Gasteiger partial charge in [0.25, 0.3) is 0 Å². The predicted molar refractivity (Wildman–Crippen MR) is 97.0 cm³/mol. The van der Waals surface area contributed by atoms with E-state index in [1.807, 2.05) is 0 Å². The molecule has 2 rings (SSSR count). The lowest BCUT2D eigenvalue weighted by Crippen LogP contribution is -2.42. The second kappa shape index (κ2) is 7.20. The van der Waals surface area contributed by atoms with Gasteiger partial charge in [0.15, 0.2) is 5.41 Å². The molecule has 0 fully saturated rings. The lowest BCUT2D eigenvalue weighted by atomic mass is 9.84. The highest BCUT2D eigenvalue weighted by molar-refractivity contribution is 14.1. The maximum absolute atomic E-state index is 12.4. The van der Waals surface area contributed by atoms with Gasteiger partial charge in [-0.15, -0.1) is 0 Å². The summed E-state index contributed by atoms with van der Waals surface area (Å²) in [6.07, 6.45) is 2.87. The van der Waals surface area contributed by atoms with Crippen LogP contribution in [0.3, 0.4) is 0 Å². The third kappa shape index (κ3) is 3.12. The summed E-state index contributed by atoms with van der Waals surface area (Å²) >= 11 is 2.38. The normalized spacial score (nSPS) is 15.2. The van der Waals surface area contributed by atoms with Crippen LogP contribution in [0, 0.1) is 19.3 Å². The number of carbonyl (C=O) groups is 2. The maximum Gasteiger partial charge on any atom is 0.323 e. The number of halogens is 1. The first-order valence-corrected chi connectivity index (χ1v) is 9.27. The van der Waals surface area contributed by atoms with Gasteiger partial charge in [-0.3, -0.25) is 9.59 Å². The summed E-state index contributed by atoms with van der Waals surface area (Å²) in [4.78, 5) is 24.7. The molecule has 1 aliphatic carbocycles. The SMILES string of the molecule is COC(=O)C1(C(=O)OC)Cc2c(C)cc(CCCI)c(C)c2C1. The average Bonchev–Trinajstić information content (AvgIpc) is 2.98. The van der Waals surface area contributed by atoms with Crippen molar-refractivity contribution in [2.24, 2.45) is 5.41 Å². The Kier molecular flexibility index (Phi) is 5.70. The Morgan fingerprint density at radius 1 is 1.13 bits per heavy atom. The molecule has 0 atom stereocenters. The number of rotatable bonds is 5. The van der Waals surface area contributed by atoms with E-state index in [2.05, 4.69) is 42.5 Å². The van der Waals surface area contributed by atoms with Crippen molar-refractivity contribution < 1.29 is 19.1 Å². The van der Waals surface area contributed by atoms with Crippen LogP contribution >= 0.6 is 22.6 Å². The second-order valence-corrected chi connectivity index (χ2v) is 7.22. The van der Waals surface area contributed by atoms with Crippen LogP contribution in [0.2, 0.25) is 0 Å². The molecule has 23 heavy (non-hydrogen) atoms. The van der Waals surface area contributed by atoms with E-state index in [9.17, 15) is 9.59 Å². The summed E-state index contributed by atoms with van der Waals surface area (Å²) in [5, 5.41) is 0. The Morgan fingerprint density at radius 3 is 2.22 bits per heavy atom. The molecule has 0 saturated heterocycles. The van der Waals surface area contributed by atoms with Crippen molar-refractivity contribution in [2.45, 2.75) is 39.5 Å². The van der Waals surface area contributed by atoms with Crippen LogP contribution in [-0.2, 0) is 38.3 Å². The molecule has 0 heterocycles. The van der Waals surface area contributed by atoms with Crippen molar-refractivity contribution in [1.82, 2.24) is 0 Å². The standard InChI is InChI=1S/C18H23IO4/c1-11-8-13(6-5-7-19)12(2)15-10-18(9-14(11)15,16(20)22-3)17(21)23-4/h8H,5-7,9-10H2,1-4H3. The van der Waals surface area contributed by atoms with Gasteiger partial charge in [-0.25, -0.2) is 0 Å². The summed E-state index contributed by atoms with van der Waals surface area (Å²) in [6, 6.07) is 2.20.